The lowest BCUT2D eigenvalue weighted by atomic mass is 10.1. The topological polar surface area (TPSA) is 37.8 Å². The Kier molecular flexibility index (Phi) is 4.07. The maximum Gasteiger partial charge on any atom is 0.0589 e. The van der Waals surface area contributed by atoms with Gasteiger partial charge in [0.1, 0.15) is 0 Å². The van der Waals surface area contributed by atoms with E-state index in [9.17, 15) is 0 Å². The highest BCUT2D eigenvalue weighted by molar-refractivity contribution is 6.30. The Morgan fingerprint density at radius 3 is 2.71 bits per heavy atom. The zero-order valence-corrected chi connectivity index (χ0v) is 10.4. The number of hydrogen-bond donors (Lipinski definition) is 1. The summed E-state index contributed by atoms with van der Waals surface area (Å²) in [6.45, 7) is 0. The molecule has 2 heterocycles. The van der Waals surface area contributed by atoms with Crippen LogP contribution in [-0.2, 0) is 6.42 Å². The van der Waals surface area contributed by atoms with Gasteiger partial charge in [0.2, 0.25) is 0 Å². The molecule has 2 rings (SSSR count). The van der Waals surface area contributed by atoms with Crippen molar-refractivity contribution in [3.8, 4) is 0 Å². The first-order valence-corrected chi connectivity index (χ1v) is 5.86. The number of likely N-dealkylation sites (N-methyl/N-ethyl adjacent to an activating group) is 1. The maximum absolute atomic E-state index is 5.82. The summed E-state index contributed by atoms with van der Waals surface area (Å²) >= 11 is 5.82. The highest BCUT2D eigenvalue weighted by atomic mass is 35.5. The van der Waals surface area contributed by atoms with Crippen LogP contribution >= 0.6 is 11.6 Å². The molecule has 0 radical (unpaired) electrons. The van der Waals surface area contributed by atoms with Crippen LogP contribution < -0.4 is 5.32 Å². The summed E-state index contributed by atoms with van der Waals surface area (Å²) in [5.41, 5.74) is 2.02. The second kappa shape index (κ2) is 5.75. The molecule has 0 aliphatic heterocycles. The van der Waals surface area contributed by atoms with Gasteiger partial charge in [-0.25, -0.2) is 0 Å². The van der Waals surface area contributed by atoms with E-state index in [-0.39, 0.29) is 6.04 Å². The van der Waals surface area contributed by atoms with Crippen LogP contribution in [0.1, 0.15) is 17.4 Å². The van der Waals surface area contributed by atoms with Crippen LogP contribution in [-0.4, -0.2) is 17.0 Å². The van der Waals surface area contributed by atoms with Gasteiger partial charge in [-0.1, -0.05) is 17.7 Å². The summed E-state index contributed by atoms with van der Waals surface area (Å²) in [6.07, 6.45) is 4.28. The molecule has 0 aliphatic carbocycles. The molecule has 0 aromatic carbocycles. The standard InChI is InChI=1S/C13H14ClN3/c1-15-13(8-11-4-2-3-7-16-11)12-6-5-10(14)9-17-12/h2-7,9,13,15H,8H2,1H3. The van der Waals surface area contributed by atoms with Crippen molar-refractivity contribution in [2.24, 2.45) is 0 Å². The van der Waals surface area contributed by atoms with Gasteiger partial charge >= 0.3 is 0 Å². The number of hydrogen-bond acceptors (Lipinski definition) is 3. The van der Waals surface area contributed by atoms with Gasteiger partial charge in [0.25, 0.3) is 0 Å². The van der Waals surface area contributed by atoms with Gasteiger partial charge < -0.3 is 5.32 Å². The zero-order valence-electron chi connectivity index (χ0n) is 9.60. The van der Waals surface area contributed by atoms with Crippen molar-refractivity contribution in [2.75, 3.05) is 7.05 Å². The lowest BCUT2D eigenvalue weighted by Crippen LogP contribution is -2.20. The molecular weight excluding hydrogens is 234 g/mol. The van der Waals surface area contributed by atoms with E-state index in [4.69, 9.17) is 11.6 Å². The van der Waals surface area contributed by atoms with Crippen LogP contribution in [0.2, 0.25) is 5.02 Å². The van der Waals surface area contributed by atoms with Crippen LogP contribution in [0.5, 0.6) is 0 Å². The van der Waals surface area contributed by atoms with Gasteiger partial charge in [-0.05, 0) is 31.3 Å². The number of nitrogens with one attached hydrogen (secondary N) is 1. The third kappa shape index (κ3) is 3.25. The molecule has 0 fully saturated rings. The highest BCUT2D eigenvalue weighted by Crippen LogP contribution is 2.16. The van der Waals surface area contributed by atoms with Crippen LogP contribution in [0.15, 0.2) is 42.7 Å². The molecule has 88 valence electrons. The second-order valence-electron chi connectivity index (χ2n) is 3.77. The van der Waals surface area contributed by atoms with Crippen molar-refractivity contribution in [3.05, 3.63) is 59.1 Å². The first-order chi connectivity index (χ1) is 8.29. The Morgan fingerprint density at radius 2 is 2.12 bits per heavy atom. The number of pyridine rings is 2. The number of rotatable bonds is 4. The van der Waals surface area contributed by atoms with Crippen LogP contribution in [0.4, 0.5) is 0 Å². The Labute approximate surface area is 106 Å². The molecule has 0 aliphatic rings. The summed E-state index contributed by atoms with van der Waals surface area (Å²) in [6, 6.07) is 9.87. The Morgan fingerprint density at radius 1 is 1.24 bits per heavy atom. The smallest absolute Gasteiger partial charge is 0.0589 e. The van der Waals surface area contributed by atoms with E-state index >= 15 is 0 Å². The minimum absolute atomic E-state index is 0.155. The lowest BCUT2D eigenvalue weighted by molar-refractivity contribution is 0.569. The van der Waals surface area contributed by atoms with Crippen molar-refractivity contribution >= 4 is 11.6 Å². The molecule has 1 N–H and O–H groups in total. The molecule has 0 saturated carbocycles. The van der Waals surface area contributed by atoms with Crippen molar-refractivity contribution < 1.29 is 0 Å². The number of nitrogens with zero attached hydrogens (tertiary/aromatic N) is 2. The maximum atomic E-state index is 5.82. The van der Waals surface area contributed by atoms with Crippen LogP contribution in [0.3, 0.4) is 0 Å². The molecule has 1 unspecified atom stereocenters. The van der Waals surface area contributed by atoms with E-state index < -0.39 is 0 Å². The summed E-state index contributed by atoms with van der Waals surface area (Å²) in [4.78, 5) is 8.64. The fraction of sp³-hybridized carbons (Fsp3) is 0.231. The third-order valence-electron chi connectivity index (χ3n) is 2.60. The average Bonchev–Trinajstić information content (AvgIpc) is 2.38. The predicted molar refractivity (Wildman–Crippen MR) is 69.0 cm³/mol. The van der Waals surface area contributed by atoms with Gasteiger partial charge in [-0.2, -0.15) is 0 Å². The first kappa shape index (κ1) is 12.0. The second-order valence-corrected chi connectivity index (χ2v) is 4.20. The van der Waals surface area contributed by atoms with Crippen molar-refractivity contribution in [3.63, 3.8) is 0 Å². The number of aromatic nitrogens is 2. The average molecular weight is 248 g/mol. The molecule has 0 bridgehead atoms. The molecular formula is C13H14ClN3. The predicted octanol–water partition coefficient (Wildman–Crippen LogP) is 2.63. The molecule has 1 atom stereocenters. The van der Waals surface area contributed by atoms with E-state index in [0.29, 0.717) is 5.02 Å². The van der Waals surface area contributed by atoms with Gasteiger partial charge in [0.05, 0.1) is 16.8 Å². The molecule has 0 amide bonds. The fourth-order valence-electron chi connectivity index (χ4n) is 1.68. The first-order valence-electron chi connectivity index (χ1n) is 5.48. The van der Waals surface area contributed by atoms with E-state index in [1.807, 2.05) is 37.4 Å². The van der Waals surface area contributed by atoms with Crippen LogP contribution in [0.25, 0.3) is 0 Å². The quantitative estimate of drug-likeness (QED) is 0.903. The molecule has 2 aromatic rings. The van der Waals surface area contributed by atoms with Crippen molar-refractivity contribution in [1.82, 2.24) is 15.3 Å². The van der Waals surface area contributed by atoms with Gasteiger partial charge in [-0.15, -0.1) is 0 Å². The molecule has 17 heavy (non-hydrogen) atoms. The van der Waals surface area contributed by atoms with Gasteiger partial charge in [0, 0.05) is 24.5 Å². The minimum atomic E-state index is 0.155. The Bertz CT molecular complexity index is 456. The number of halogens is 1. The Hall–Kier alpha value is -1.45. The van der Waals surface area contributed by atoms with Gasteiger partial charge in [0.15, 0.2) is 0 Å². The van der Waals surface area contributed by atoms with E-state index in [2.05, 4.69) is 15.3 Å². The summed E-state index contributed by atoms with van der Waals surface area (Å²) < 4.78 is 0. The van der Waals surface area contributed by atoms with E-state index in [1.165, 1.54) is 0 Å². The minimum Gasteiger partial charge on any atom is -0.311 e. The third-order valence-corrected chi connectivity index (χ3v) is 2.82. The van der Waals surface area contributed by atoms with E-state index in [1.54, 1.807) is 12.4 Å². The highest BCUT2D eigenvalue weighted by Gasteiger charge is 2.11. The normalized spacial score (nSPS) is 12.4. The fourth-order valence-corrected chi connectivity index (χ4v) is 1.79. The monoisotopic (exact) mass is 247 g/mol. The van der Waals surface area contributed by atoms with Crippen LogP contribution in [0, 0.1) is 0 Å². The van der Waals surface area contributed by atoms with Crippen molar-refractivity contribution in [2.45, 2.75) is 12.5 Å². The summed E-state index contributed by atoms with van der Waals surface area (Å²) in [5.74, 6) is 0. The Balaban J connectivity index is 2.14. The lowest BCUT2D eigenvalue weighted by Gasteiger charge is -2.15. The molecule has 3 nitrogen and oxygen atoms in total. The van der Waals surface area contributed by atoms with Crippen molar-refractivity contribution in [1.29, 1.82) is 0 Å². The SMILES string of the molecule is CNC(Cc1ccccn1)c1ccc(Cl)cn1. The zero-order chi connectivity index (χ0) is 12.1. The molecule has 0 saturated heterocycles. The van der Waals surface area contributed by atoms with E-state index in [0.717, 1.165) is 17.8 Å². The largest absolute Gasteiger partial charge is 0.311 e. The molecule has 4 heteroatoms. The summed E-state index contributed by atoms with van der Waals surface area (Å²) in [7, 11) is 1.92. The molecule has 2 aromatic heterocycles. The van der Waals surface area contributed by atoms with Gasteiger partial charge in [-0.3, -0.25) is 9.97 Å². The summed E-state index contributed by atoms with van der Waals surface area (Å²) in [5, 5.41) is 3.89. The molecule has 0 spiro atoms.